The number of carbonyl (C=O) groups is 1. The van der Waals surface area contributed by atoms with E-state index in [1.54, 1.807) is 0 Å². The molecule has 5 nitrogen and oxygen atoms in total. The molecule has 0 saturated carbocycles. The highest BCUT2D eigenvalue weighted by molar-refractivity contribution is 5.92. The first-order chi connectivity index (χ1) is 6.63. The molecule has 0 aliphatic carbocycles. The van der Waals surface area contributed by atoms with Gasteiger partial charge in [-0.15, -0.1) is 0 Å². The van der Waals surface area contributed by atoms with Crippen LogP contribution >= 0.6 is 0 Å². The van der Waals surface area contributed by atoms with Gasteiger partial charge < -0.3 is 10.3 Å². The summed E-state index contributed by atoms with van der Waals surface area (Å²) in [5.41, 5.74) is -0.0880. The van der Waals surface area contributed by atoms with E-state index in [4.69, 9.17) is 0 Å². The lowest BCUT2D eigenvalue weighted by Crippen LogP contribution is -2.33. The van der Waals surface area contributed by atoms with Gasteiger partial charge in [0, 0.05) is 12.2 Å². The highest BCUT2D eigenvalue weighted by atomic mass is 16.2. The van der Waals surface area contributed by atoms with Crippen LogP contribution in [0.3, 0.4) is 0 Å². The third-order valence-electron chi connectivity index (χ3n) is 1.89. The van der Waals surface area contributed by atoms with Crippen molar-refractivity contribution in [1.82, 2.24) is 15.3 Å². The van der Waals surface area contributed by atoms with E-state index >= 15 is 0 Å². The molecule has 14 heavy (non-hydrogen) atoms. The summed E-state index contributed by atoms with van der Waals surface area (Å²) >= 11 is 0. The Balaban J connectivity index is 2.70. The lowest BCUT2D eigenvalue weighted by atomic mass is 10.2. The molecular formula is C9H13N3O2. The second-order valence-electron chi connectivity index (χ2n) is 3.08. The molecule has 0 fully saturated rings. The Kier molecular flexibility index (Phi) is 3.39. The molecule has 1 heterocycles. The first-order valence-electron chi connectivity index (χ1n) is 4.49. The minimum Gasteiger partial charge on any atom is -0.348 e. The van der Waals surface area contributed by atoms with Gasteiger partial charge in [-0.3, -0.25) is 9.59 Å². The third-order valence-corrected chi connectivity index (χ3v) is 1.89. The zero-order valence-corrected chi connectivity index (χ0v) is 8.20. The van der Waals surface area contributed by atoms with Gasteiger partial charge in [0.25, 0.3) is 11.5 Å². The Morgan fingerprint density at radius 3 is 2.93 bits per heavy atom. The molecule has 1 amide bonds. The van der Waals surface area contributed by atoms with E-state index < -0.39 is 0 Å². The minimum atomic E-state index is -0.315. The number of aromatic nitrogens is 2. The van der Waals surface area contributed by atoms with Gasteiger partial charge in [-0.1, -0.05) is 6.92 Å². The molecule has 0 aromatic carbocycles. The first-order valence-corrected chi connectivity index (χ1v) is 4.49. The van der Waals surface area contributed by atoms with E-state index in [0.717, 1.165) is 12.6 Å². The van der Waals surface area contributed by atoms with Crippen LogP contribution in [-0.2, 0) is 0 Å². The summed E-state index contributed by atoms with van der Waals surface area (Å²) in [6.07, 6.45) is 3.25. The van der Waals surface area contributed by atoms with E-state index in [2.05, 4.69) is 15.3 Å². The minimum absolute atomic E-state index is 0.108. The molecule has 1 unspecified atom stereocenters. The number of aromatic amines is 1. The maximum atomic E-state index is 11.4. The second kappa shape index (κ2) is 4.55. The fourth-order valence-electron chi connectivity index (χ4n) is 0.866. The summed E-state index contributed by atoms with van der Waals surface area (Å²) in [5.74, 6) is -0.268. The Morgan fingerprint density at radius 1 is 1.71 bits per heavy atom. The molecule has 2 N–H and O–H groups in total. The van der Waals surface area contributed by atoms with Crippen molar-refractivity contribution in [2.24, 2.45) is 0 Å². The van der Waals surface area contributed by atoms with Crippen LogP contribution in [0.15, 0.2) is 17.2 Å². The highest BCUT2D eigenvalue weighted by Crippen LogP contribution is 1.92. The standard InChI is InChI=1S/C9H13N3O2/c1-3-6(2)12-9(14)7-4-11-8(13)5-10-7/h4-6H,3H2,1-2H3,(H,11,13)(H,12,14). The van der Waals surface area contributed by atoms with Gasteiger partial charge in [0.2, 0.25) is 0 Å². The molecule has 0 aliphatic heterocycles. The van der Waals surface area contributed by atoms with Crippen LogP contribution < -0.4 is 10.9 Å². The van der Waals surface area contributed by atoms with Gasteiger partial charge in [0.1, 0.15) is 5.69 Å². The van der Waals surface area contributed by atoms with Crippen LogP contribution in [0, 0.1) is 0 Å². The SMILES string of the molecule is CCC(C)NC(=O)c1c[nH]c(=O)cn1. The maximum absolute atomic E-state index is 11.4. The molecule has 0 radical (unpaired) electrons. The van der Waals surface area contributed by atoms with Crippen molar-refractivity contribution in [1.29, 1.82) is 0 Å². The molecule has 5 heteroatoms. The number of hydrogen-bond acceptors (Lipinski definition) is 3. The molecule has 1 aromatic heterocycles. The zero-order valence-electron chi connectivity index (χ0n) is 8.20. The van der Waals surface area contributed by atoms with Gasteiger partial charge in [-0.25, -0.2) is 4.98 Å². The quantitative estimate of drug-likeness (QED) is 0.728. The van der Waals surface area contributed by atoms with Gasteiger partial charge >= 0.3 is 0 Å². The van der Waals surface area contributed by atoms with Crippen LogP contribution in [0.25, 0.3) is 0 Å². The van der Waals surface area contributed by atoms with Crippen molar-refractivity contribution in [3.63, 3.8) is 0 Å². The Bertz CT molecular complexity index is 352. The van der Waals surface area contributed by atoms with Crippen LogP contribution in [0.1, 0.15) is 30.8 Å². The molecule has 1 rings (SSSR count). The second-order valence-corrected chi connectivity index (χ2v) is 3.08. The van der Waals surface area contributed by atoms with Crippen molar-refractivity contribution < 1.29 is 4.79 Å². The maximum Gasteiger partial charge on any atom is 0.271 e. The average Bonchev–Trinajstić information content (AvgIpc) is 2.18. The van der Waals surface area contributed by atoms with Gasteiger partial charge in [0.15, 0.2) is 0 Å². The van der Waals surface area contributed by atoms with Crippen molar-refractivity contribution in [2.75, 3.05) is 0 Å². The predicted octanol–water partition coefficient (Wildman–Crippen LogP) is 0.298. The van der Waals surface area contributed by atoms with E-state index in [-0.39, 0.29) is 23.2 Å². The van der Waals surface area contributed by atoms with Crippen molar-refractivity contribution >= 4 is 5.91 Å². The summed E-state index contributed by atoms with van der Waals surface area (Å²) in [4.78, 5) is 28.2. The number of amides is 1. The van der Waals surface area contributed by atoms with Gasteiger partial charge in [0.05, 0.1) is 6.20 Å². The Morgan fingerprint density at radius 2 is 2.43 bits per heavy atom. The first kappa shape index (κ1) is 10.4. The summed E-state index contributed by atoms with van der Waals surface area (Å²) in [6, 6.07) is 0.108. The number of hydrogen-bond donors (Lipinski definition) is 2. The van der Waals surface area contributed by atoms with E-state index in [9.17, 15) is 9.59 Å². The largest absolute Gasteiger partial charge is 0.348 e. The lowest BCUT2D eigenvalue weighted by Gasteiger charge is -2.09. The third kappa shape index (κ3) is 2.69. The smallest absolute Gasteiger partial charge is 0.271 e. The lowest BCUT2D eigenvalue weighted by molar-refractivity contribution is 0.0934. The van der Waals surface area contributed by atoms with Crippen molar-refractivity contribution in [3.8, 4) is 0 Å². The van der Waals surface area contributed by atoms with Gasteiger partial charge in [-0.05, 0) is 13.3 Å². The molecule has 1 aromatic rings. The number of nitrogens with zero attached hydrogens (tertiary/aromatic N) is 1. The zero-order chi connectivity index (χ0) is 10.6. The topological polar surface area (TPSA) is 74.8 Å². The predicted molar refractivity (Wildman–Crippen MR) is 52.1 cm³/mol. The van der Waals surface area contributed by atoms with Crippen LogP contribution in [0.5, 0.6) is 0 Å². The number of H-pyrrole nitrogens is 1. The van der Waals surface area contributed by atoms with E-state index in [1.165, 1.54) is 6.20 Å². The van der Waals surface area contributed by atoms with E-state index in [1.807, 2.05) is 13.8 Å². The monoisotopic (exact) mass is 195 g/mol. The molecule has 0 saturated heterocycles. The summed E-state index contributed by atoms with van der Waals surface area (Å²) in [6.45, 7) is 3.88. The summed E-state index contributed by atoms with van der Waals surface area (Å²) in [5, 5.41) is 2.74. The molecule has 0 aliphatic rings. The number of nitrogens with one attached hydrogen (secondary N) is 2. The number of rotatable bonds is 3. The van der Waals surface area contributed by atoms with Crippen molar-refractivity contribution in [3.05, 3.63) is 28.4 Å². The average molecular weight is 195 g/mol. The van der Waals surface area contributed by atoms with Crippen LogP contribution in [0.4, 0.5) is 0 Å². The molecular weight excluding hydrogens is 182 g/mol. The molecule has 76 valence electrons. The molecule has 0 bridgehead atoms. The Hall–Kier alpha value is -1.65. The summed E-state index contributed by atoms with van der Waals surface area (Å²) < 4.78 is 0. The fourth-order valence-corrected chi connectivity index (χ4v) is 0.866. The Labute approximate surface area is 81.6 Å². The van der Waals surface area contributed by atoms with Crippen LogP contribution in [-0.4, -0.2) is 21.9 Å². The molecule has 0 spiro atoms. The number of carbonyl (C=O) groups excluding carboxylic acids is 1. The summed E-state index contributed by atoms with van der Waals surface area (Å²) in [7, 11) is 0. The highest BCUT2D eigenvalue weighted by Gasteiger charge is 2.08. The fraction of sp³-hybridized carbons (Fsp3) is 0.444. The molecule has 1 atom stereocenters. The normalized spacial score (nSPS) is 12.1. The van der Waals surface area contributed by atoms with Crippen LogP contribution in [0.2, 0.25) is 0 Å². The van der Waals surface area contributed by atoms with Crippen molar-refractivity contribution in [2.45, 2.75) is 26.3 Å². The van der Waals surface area contributed by atoms with Gasteiger partial charge in [-0.2, -0.15) is 0 Å². The van der Waals surface area contributed by atoms with E-state index in [0.29, 0.717) is 0 Å².